The summed E-state index contributed by atoms with van der Waals surface area (Å²) in [4.78, 5) is 0. The van der Waals surface area contributed by atoms with Crippen molar-refractivity contribution < 1.29 is 0 Å². The SMILES string of the molecule is CC[N+](C)(C)c1c(Cl)cnnc1Cl. The van der Waals surface area contributed by atoms with Gasteiger partial charge in [0.2, 0.25) is 5.15 Å². The predicted molar refractivity (Wildman–Crippen MR) is 56.2 cm³/mol. The summed E-state index contributed by atoms with van der Waals surface area (Å²) in [7, 11) is 4.05. The van der Waals surface area contributed by atoms with Crippen molar-refractivity contribution in [2.24, 2.45) is 0 Å². The first-order valence-electron chi connectivity index (χ1n) is 3.99. The van der Waals surface area contributed by atoms with Crippen LogP contribution in [0.4, 0.5) is 5.69 Å². The van der Waals surface area contributed by atoms with E-state index in [9.17, 15) is 0 Å². The Morgan fingerprint density at radius 2 is 2.00 bits per heavy atom. The quantitative estimate of drug-likeness (QED) is 0.716. The molecule has 0 aliphatic heterocycles. The summed E-state index contributed by atoms with van der Waals surface area (Å²) >= 11 is 11.9. The van der Waals surface area contributed by atoms with Crippen LogP contribution in [0.5, 0.6) is 0 Å². The van der Waals surface area contributed by atoms with Gasteiger partial charge < -0.3 is 0 Å². The molecular formula is C8H12Cl2N3+. The normalized spacial score (nSPS) is 11.8. The molecule has 0 atom stereocenters. The Labute approximate surface area is 87.9 Å². The van der Waals surface area contributed by atoms with Crippen LogP contribution in [-0.2, 0) is 0 Å². The van der Waals surface area contributed by atoms with E-state index in [1.807, 2.05) is 14.1 Å². The minimum Gasteiger partial charge on any atom is -0.292 e. The highest BCUT2D eigenvalue weighted by Gasteiger charge is 2.25. The summed E-state index contributed by atoms with van der Waals surface area (Å²) < 4.78 is 0.604. The van der Waals surface area contributed by atoms with Gasteiger partial charge >= 0.3 is 0 Å². The van der Waals surface area contributed by atoms with Gasteiger partial charge in [-0.15, -0.1) is 5.10 Å². The highest BCUT2D eigenvalue weighted by molar-refractivity contribution is 6.37. The molecule has 0 spiro atoms. The highest BCUT2D eigenvalue weighted by Crippen LogP contribution is 2.33. The maximum absolute atomic E-state index is 5.99. The molecule has 0 aliphatic carbocycles. The molecule has 0 saturated carbocycles. The van der Waals surface area contributed by atoms with E-state index in [4.69, 9.17) is 23.2 Å². The molecule has 1 heterocycles. The average molecular weight is 221 g/mol. The molecule has 72 valence electrons. The standard InChI is InChI=1S/C8H12Cl2N3/c1-4-13(2,3)7-6(9)5-11-12-8(7)10/h5H,4H2,1-3H3/q+1. The Bertz CT molecular complexity index is 292. The Balaban J connectivity index is 3.28. The molecule has 0 radical (unpaired) electrons. The lowest BCUT2D eigenvalue weighted by molar-refractivity contribution is 0.419. The largest absolute Gasteiger partial charge is 0.292 e. The van der Waals surface area contributed by atoms with E-state index in [2.05, 4.69) is 17.1 Å². The Hall–Kier alpha value is -0.380. The van der Waals surface area contributed by atoms with E-state index >= 15 is 0 Å². The third-order valence-corrected chi connectivity index (χ3v) is 2.67. The van der Waals surface area contributed by atoms with Gasteiger partial charge in [0.05, 0.1) is 26.8 Å². The van der Waals surface area contributed by atoms with Gasteiger partial charge in [0.15, 0.2) is 5.69 Å². The number of quaternary nitrogens is 1. The Morgan fingerprint density at radius 1 is 1.38 bits per heavy atom. The molecular weight excluding hydrogens is 209 g/mol. The summed E-state index contributed by atoms with van der Waals surface area (Å²) in [6.07, 6.45) is 1.51. The zero-order valence-electron chi connectivity index (χ0n) is 7.88. The number of halogens is 2. The lowest BCUT2D eigenvalue weighted by Gasteiger charge is -2.28. The van der Waals surface area contributed by atoms with Crippen LogP contribution in [0, 0.1) is 0 Å². The van der Waals surface area contributed by atoms with Crippen molar-refractivity contribution in [3.8, 4) is 0 Å². The minimum atomic E-state index is 0.374. The topological polar surface area (TPSA) is 25.8 Å². The molecule has 0 amide bonds. The zero-order valence-corrected chi connectivity index (χ0v) is 9.39. The summed E-state index contributed by atoms with van der Waals surface area (Å²) in [5.41, 5.74) is 0.820. The van der Waals surface area contributed by atoms with Crippen LogP contribution in [0.1, 0.15) is 6.92 Å². The van der Waals surface area contributed by atoms with Crippen LogP contribution >= 0.6 is 23.2 Å². The third-order valence-electron chi connectivity index (χ3n) is 2.13. The highest BCUT2D eigenvalue weighted by atomic mass is 35.5. The van der Waals surface area contributed by atoms with Crippen molar-refractivity contribution in [1.82, 2.24) is 14.7 Å². The van der Waals surface area contributed by atoms with Crippen LogP contribution < -0.4 is 4.48 Å². The zero-order chi connectivity index (χ0) is 10.1. The molecule has 0 bridgehead atoms. The maximum atomic E-state index is 5.99. The predicted octanol–water partition coefficient (Wildman–Crippen LogP) is 2.37. The second-order valence-corrected chi connectivity index (χ2v) is 4.10. The van der Waals surface area contributed by atoms with Gasteiger partial charge in [-0.05, 0) is 6.92 Å². The van der Waals surface area contributed by atoms with E-state index in [0.29, 0.717) is 14.7 Å². The molecule has 0 fully saturated rings. The molecule has 1 rings (SSSR count). The van der Waals surface area contributed by atoms with Crippen molar-refractivity contribution in [1.29, 1.82) is 0 Å². The van der Waals surface area contributed by atoms with Crippen LogP contribution in [-0.4, -0.2) is 30.8 Å². The average Bonchev–Trinajstić information content (AvgIpc) is 2.03. The molecule has 3 nitrogen and oxygen atoms in total. The first-order valence-corrected chi connectivity index (χ1v) is 4.75. The Morgan fingerprint density at radius 3 is 2.46 bits per heavy atom. The van der Waals surface area contributed by atoms with Crippen LogP contribution in [0.3, 0.4) is 0 Å². The van der Waals surface area contributed by atoms with Crippen LogP contribution in [0.15, 0.2) is 6.20 Å². The van der Waals surface area contributed by atoms with E-state index in [1.54, 1.807) is 0 Å². The molecule has 0 aliphatic rings. The van der Waals surface area contributed by atoms with Crippen molar-refractivity contribution in [2.45, 2.75) is 6.92 Å². The summed E-state index contributed by atoms with van der Waals surface area (Å²) in [5.74, 6) is 0. The number of hydrogen-bond acceptors (Lipinski definition) is 2. The smallest absolute Gasteiger partial charge is 0.214 e. The lowest BCUT2D eigenvalue weighted by Crippen LogP contribution is -2.40. The van der Waals surface area contributed by atoms with Gasteiger partial charge in [0.25, 0.3) is 0 Å². The van der Waals surface area contributed by atoms with Crippen molar-refractivity contribution in [3.63, 3.8) is 0 Å². The monoisotopic (exact) mass is 220 g/mol. The molecule has 0 unspecified atom stereocenters. The first kappa shape index (κ1) is 10.7. The number of aromatic nitrogens is 2. The summed E-state index contributed by atoms with van der Waals surface area (Å²) in [6, 6.07) is 0. The second kappa shape index (κ2) is 3.78. The summed E-state index contributed by atoms with van der Waals surface area (Å²) in [5, 5.41) is 8.37. The lowest BCUT2D eigenvalue weighted by atomic mass is 10.3. The summed E-state index contributed by atoms with van der Waals surface area (Å²) in [6.45, 7) is 2.96. The fraction of sp³-hybridized carbons (Fsp3) is 0.500. The van der Waals surface area contributed by atoms with Gasteiger partial charge in [-0.25, -0.2) is 0 Å². The minimum absolute atomic E-state index is 0.374. The fourth-order valence-electron chi connectivity index (χ4n) is 1.03. The molecule has 0 aromatic carbocycles. The first-order chi connectivity index (χ1) is 5.99. The van der Waals surface area contributed by atoms with Gasteiger partial charge in [-0.3, -0.25) is 4.48 Å². The molecule has 5 heteroatoms. The maximum Gasteiger partial charge on any atom is 0.214 e. The van der Waals surface area contributed by atoms with Gasteiger partial charge in [-0.2, -0.15) is 5.10 Å². The number of nitrogens with zero attached hydrogens (tertiary/aromatic N) is 3. The van der Waals surface area contributed by atoms with Crippen molar-refractivity contribution in [2.75, 3.05) is 20.6 Å². The van der Waals surface area contributed by atoms with Crippen LogP contribution in [0.25, 0.3) is 0 Å². The van der Waals surface area contributed by atoms with Crippen LogP contribution in [0.2, 0.25) is 10.2 Å². The van der Waals surface area contributed by atoms with Gasteiger partial charge in [-0.1, -0.05) is 23.2 Å². The Kier molecular flexibility index (Phi) is 3.11. The van der Waals surface area contributed by atoms with E-state index in [-0.39, 0.29) is 0 Å². The fourth-order valence-corrected chi connectivity index (χ4v) is 1.82. The molecule has 13 heavy (non-hydrogen) atoms. The van der Waals surface area contributed by atoms with Crippen molar-refractivity contribution in [3.05, 3.63) is 16.4 Å². The number of hydrogen-bond donors (Lipinski definition) is 0. The van der Waals surface area contributed by atoms with Crippen molar-refractivity contribution >= 4 is 28.9 Å². The van der Waals surface area contributed by atoms with E-state index < -0.39 is 0 Å². The molecule has 1 aromatic rings. The third kappa shape index (κ3) is 2.10. The molecule has 0 saturated heterocycles. The molecule has 1 aromatic heterocycles. The second-order valence-electron chi connectivity index (χ2n) is 3.33. The molecule has 0 N–H and O–H groups in total. The number of rotatable bonds is 2. The van der Waals surface area contributed by atoms with E-state index in [0.717, 1.165) is 12.2 Å². The van der Waals surface area contributed by atoms with Gasteiger partial charge in [0, 0.05) is 0 Å². The van der Waals surface area contributed by atoms with Gasteiger partial charge in [0.1, 0.15) is 5.02 Å². The van der Waals surface area contributed by atoms with E-state index in [1.165, 1.54) is 6.20 Å².